The van der Waals surface area contributed by atoms with Crippen LogP contribution in [-0.2, 0) is 11.2 Å². The van der Waals surface area contributed by atoms with Crippen molar-refractivity contribution in [2.24, 2.45) is 0 Å². The van der Waals surface area contributed by atoms with Crippen molar-refractivity contribution >= 4 is 35.1 Å². The lowest BCUT2D eigenvalue weighted by atomic mass is 10.2. The SMILES string of the molecule is CCCc1csc(C=Cc2cccc(NCCCC(=O)O)c2)n1. The minimum absolute atomic E-state index is 0.191. The molecule has 0 bridgehead atoms. The second-order valence-corrected chi connectivity index (χ2v) is 6.20. The van der Waals surface area contributed by atoms with Gasteiger partial charge in [0, 0.05) is 24.0 Å². The predicted octanol–water partition coefficient (Wildman–Crippen LogP) is 4.54. The van der Waals surface area contributed by atoms with E-state index in [2.05, 4.69) is 34.7 Å². The highest BCUT2D eigenvalue weighted by atomic mass is 32.1. The zero-order chi connectivity index (χ0) is 16.5. The largest absolute Gasteiger partial charge is 0.481 e. The Labute approximate surface area is 140 Å². The molecular formula is C18H22N2O2S. The van der Waals surface area contributed by atoms with Gasteiger partial charge in [0.2, 0.25) is 0 Å². The summed E-state index contributed by atoms with van der Waals surface area (Å²) >= 11 is 1.66. The van der Waals surface area contributed by atoms with Crippen LogP contribution in [0, 0.1) is 0 Å². The molecule has 0 aliphatic rings. The number of carboxylic acid groups (broad SMARTS) is 1. The molecule has 1 heterocycles. The Balaban J connectivity index is 1.90. The number of aliphatic carboxylic acids is 1. The van der Waals surface area contributed by atoms with E-state index in [-0.39, 0.29) is 6.42 Å². The first-order valence-electron chi connectivity index (χ1n) is 7.85. The first-order valence-corrected chi connectivity index (χ1v) is 8.73. The highest BCUT2D eigenvalue weighted by molar-refractivity contribution is 7.10. The minimum Gasteiger partial charge on any atom is -0.481 e. The molecular weight excluding hydrogens is 308 g/mol. The predicted molar refractivity (Wildman–Crippen MR) is 96.8 cm³/mol. The number of carbonyl (C=O) groups is 1. The maximum absolute atomic E-state index is 10.5. The summed E-state index contributed by atoms with van der Waals surface area (Å²) in [6.45, 7) is 2.82. The monoisotopic (exact) mass is 330 g/mol. The van der Waals surface area contributed by atoms with E-state index < -0.39 is 5.97 Å². The Morgan fingerprint density at radius 2 is 2.26 bits per heavy atom. The van der Waals surface area contributed by atoms with Gasteiger partial charge in [-0.2, -0.15) is 0 Å². The Bertz CT molecular complexity index is 665. The fourth-order valence-electron chi connectivity index (χ4n) is 2.16. The molecule has 4 nitrogen and oxygen atoms in total. The first-order chi connectivity index (χ1) is 11.2. The Kier molecular flexibility index (Phi) is 6.81. The van der Waals surface area contributed by atoms with Crippen LogP contribution in [0.5, 0.6) is 0 Å². The number of hydrogen-bond donors (Lipinski definition) is 2. The number of nitrogens with zero attached hydrogens (tertiary/aromatic N) is 1. The summed E-state index contributed by atoms with van der Waals surface area (Å²) in [6, 6.07) is 8.07. The Morgan fingerprint density at radius 3 is 3.04 bits per heavy atom. The van der Waals surface area contributed by atoms with Crippen molar-refractivity contribution in [2.75, 3.05) is 11.9 Å². The molecule has 0 unspecified atom stereocenters. The molecule has 0 amide bonds. The molecule has 0 aliphatic heterocycles. The summed E-state index contributed by atoms with van der Waals surface area (Å²) in [4.78, 5) is 15.1. The second-order valence-electron chi connectivity index (χ2n) is 5.31. The van der Waals surface area contributed by atoms with Gasteiger partial charge in [0.15, 0.2) is 0 Å². The smallest absolute Gasteiger partial charge is 0.303 e. The highest BCUT2D eigenvalue weighted by Gasteiger charge is 1.99. The van der Waals surface area contributed by atoms with Crippen LogP contribution < -0.4 is 5.32 Å². The van der Waals surface area contributed by atoms with Crippen molar-refractivity contribution < 1.29 is 9.90 Å². The zero-order valence-corrected chi connectivity index (χ0v) is 14.1. The zero-order valence-electron chi connectivity index (χ0n) is 13.3. The molecule has 0 radical (unpaired) electrons. The van der Waals surface area contributed by atoms with E-state index >= 15 is 0 Å². The van der Waals surface area contributed by atoms with Crippen LogP contribution in [0.2, 0.25) is 0 Å². The molecule has 0 saturated heterocycles. The summed E-state index contributed by atoms with van der Waals surface area (Å²) in [5, 5.41) is 15.0. The van der Waals surface area contributed by atoms with Crippen LogP contribution in [0.1, 0.15) is 42.5 Å². The molecule has 5 heteroatoms. The molecule has 1 aromatic carbocycles. The summed E-state index contributed by atoms with van der Waals surface area (Å²) in [6.07, 6.45) is 7.04. The number of anilines is 1. The van der Waals surface area contributed by atoms with Gasteiger partial charge in [0.25, 0.3) is 0 Å². The summed E-state index contributed by atoms with van der Waals surface area (Å²) in [5.74, 6) is -0.755. The molecule has 0 atom stereocenters. The van der Waals surface area contributed by atoms with Crippen LogP contribution in [-0.4, -0.2) is 22.6 Å². The van der Waals surface area contributed by atoms with Gasteiger partial charge in [-0.3, -0.25) is 4.79 Å². The maximum atomic E-state index is 10.5. The number of aromatic nitrogens is 1. The molecule has 2 aromatic rings. The molecule has 0 saturated carbocycles. The number of aryl methyl sites for hydroxylation is 1. The van der Waals surface area contributed by atoms with E-state index in [0.29, 0.717) is 13.0 Å². The minimum atomic E-state index is -0.755. The van der Waals surface area contributed by atoms with Gasteiger partial charge in [-0.15, -0.1) is 11.3 Å². The van der Waals surface area contributed by atoms with E-state index in [0.717, 1.165) is 34.8 Å². The Hall–Kier alpha value is -2.14. The van der Waals surface area contributed by atoms with E-state index in [4.69, 9.17) is 5.11 Å². The average Bonchev–Trinajstić information content (AvgIpc) is 2.98. The molecule has 1 aromatic heterocycles. The maximum Gasteiger partial charge on any atom is 0.303 e. The quantitative estimate of drug-likeness (QED) is 0.663. The summed E-state index contributed by atoms with van der Waals surface area (Å²) in [5.41, 5.74) is 3.26. The normalized spacial score (nSPS) is 11.0. The number of thiazole rings is 1. The number of hydrogen-bond acceptors (Lipinski definition) is 4. The highest BCUT2D eigenvalue weighted by Crippen LogP contribution is 2.17. The van der Waals surface area contributed by atoms with Gasteiger partial charge in [-0.1, -0.05) is 31.6 Å². The van der Waals surface area contributed by atoms with Crippen LogP contribution in [0.3, 0.4) is 0 Å². The lowest BCUT2D eigenvalue weighted by molar-refractivity contribution is -0.137. The molecule has 122 valence electrons. The van der Waals surface area contributed by atoms with E-state index in [1.54, 1.807) is 11.3 Å². The van der Waals surface area contributed by atoms with Crippen molar-refractivity contribution in [3.05, 3.63) is 45.9 Å². The fourth-order valence-corrected chi connectivity index (χ4v) is 2.91. The topological polar surface area (TPSA) is 62.2 Å². The summed E-state index contributed by atoms with van der Waals surface area (Å²) in [7, 11) is 0. The van der Waals surface area contributed by atoms with E-state index in [1.165, 1.54) is 0 Å². The number of rotatable bonds is 9. The number of benzene rings is 1. The molecule has 0 fully saturated rings. The van der Waals surface area contributed by atoms with Crippen LogP contribution >= 0.6 is 11.3 Å². The van der Waals surface area contributed by atoms with Gasteiger partial charge in [0.1, 0.15) is 5.01 Å². The van der Waals surface area contributed by atoms with Crippen molar-refractivity contribution in [1.29, 1.82) is 0 Å². The van der Waals surface area contributed by atoms with Crippen LogP contribution in [0.4, 0.5) is 5.69 Å². The summed E-state index contributed by atoms with van der Waals surface area (Å²) < 4.78 is 0. The number of carboxylic acids is 1. The van der Waals surface area contributed by atoms with Gasteiger partial charge in [-0.05, 0) is 36.6 Å². The van der Waals surface area contributed by atoms with Gasteiger partial charge in [0.05, 0.1) is 5.69 Å². The average molecular weight is 330 g/mol. The van der Waals surface area contributed by atoms with Crippen LogP contribution in [0.25, 0.3) is 12.2 Å². The standard InChI is InChI=1S/C18H22N2O2S/c1-2-5-16-13-23-17(20-16)10-9-14-6-3-7-15(12-14)19-11-4-8-18(21)22/h3,6-7,9-10,12-13,19H,2,4-5,8,11H2,1H3,(H,21,22). The van der Waals surface area contributed by atoms with Crippen molar-refractivity contribution in [2.45, 2.75) is 32.6 Å². The molecule has 0 spiro atoms. The van der Waals surface area contributed by atoms with Crippen LogP contribution in [0.15, 0.2) is 29.6 Å². The van der Waals surface area contributed by atoms with Gasteiger partial charge >= 0.3 is 5.97 Å². The molecule has 2 rings (SSSR count). The van der Waals surface area contributed by atoms with Crippen molar-refractivity contribution in [3.8, 4) is 0 Å². The third-order valence-corrected chi connectivity index (χ3v) is 4.14. The molecule has 23 heavy (non-hydrogen) atoms. The van der Waals surface area contributed by atoms with Gasteiger partial charge in [-0.25, -0.2) is 4.98 Å². The van der Waals surface area contributed by atoms with Gasteiger partial charge < -0.3 is 10.4 Å². The third kappa shape index (κ3) is 6.24. The third-order valence-electron chi connectivity index (χ3n) is 3.28. The van der Waals surface area contributed by atoms with Crippen molar-refractivity contribution in [3.63, 3.8) is 0 Å². The van der Waals surface area contributed by atoms with E-state index in [1.807, 2.05) is 24.3 Å². The van der Waals surface area contributed by atoms with Crippen molar-refractivity contribution in [1.82, 2.24) is 4.98 Å². The van der Waals surface area contributed by atoms with E-state index in [9.17, 15) is 4.79 Å². The lowest BCUT2D eigenvalue weighted by Gasteiger charge is -2.06. The molecule has 2 N–H and O–H groups in total. The second kappa shape index (κ2) is 9.10. The lowest BCUT2D eigenvalue weighted by Crippen LogP contribution is -2.04. The molecule has 0 aliphatic carbocycles. The first kappa shape index (κ1) is 17.2. The Morgan fingerprint density at radius 1 is 1.39 bits per heavy atom. The fraction of sp³-hybridized carbons (Fsp3) is 0.333. The number of nitrogens with one attached hydrogen (secondary N) is 1.